The molecule has 3 aromatic carbocycles. The van der Waals surface area contributed by atoms with Crippen molar-refractivity contribution in [3.05, 3.63) is 77.9 Å². The molecule has 0 aromatic heterocycles. The molecule has 138 valence electrons. The zero-order valence-electron chi connectivity index (χ0n) is 15.5. The molecule has 2 aliphatic rings. The van der Waals surface area contributed by atoms with Crippen LogP contribution in [0.25, 0.3) is 10.8 Å². The Kier molecular flexibility index (Phi) is 4.14. The number of nitrogens with zero attached hydrogens (tertiary/aromatic N) is 1. The van der Waals surface area contributed by atoms with Gasteiger partial charge in [0.25, 0.3) is 0 Å². The molecule has 5 rings (SSSR count). The number of fused-ring (bicyclic) bond motifs is 3. The molecule has 0 bridgehead atoms. The third kappa shape index (κ3) is 3.11. The van der Waals surface area contributed by atoms with E-state index in [1.807, 2.05) is 18.2 Å². The molecule has 1 atom stereocenters. The van der Waals surface area contributed by atoms with Gasteiger partial charge in [-0.3, -0.25) is 4.90 Å². The van der Waals surface area contributed by atoms with Gasteiger partial charge in [0.05, 0.1) is 6.10 Å². The first kappa shape index (κ1) is 16.8. The molecule has 0 radical (unpaired) electrons. The average Bonchev–Trinajstić information content (AvgIpc) is 2.71. The van der Waals surface area contributed by atoms with E-state index >= 15 is 0 Å². The quantitative estimate of drug-likeness (QED) is 0.720. The molecule has 3 aromatic rings. The van der Waals surface area contributed by atoms with Crippen LogP contribution in [0, 0.1) is 0 Å². The zero-order chi connectivity index (χ0) is 18.3. The summed E-state index contributed by atoms with van der Waals surface area (Å²) in [7, 11) is 0. The highest BCUT2D eigenvalue weighted by atomic mass is 16.5. The van der Waals surface area contributed by atoms with Crippen LogP contribution in [0.2, 0.25) is 0 Å². The van der Waals surface area contributed by atoms with Crippen molar-refractivity contribution >= 4 is 10.8 Å². The Morgan fingerprint density at radius 3 is 2.48 bits per heavy atom. The third-order valence-electron chi connectivity index (χ3n) is 6.17. The van der Waals surface area contributed by atoms with Crippen LogP contribution in [0.5, 0.6) is 5.75 Å². The molecule has 3 nitrogen and oxygen atoms in total. The van der Waals surface area contributed by atoms with Crippen molar-refractivity contribution in [1.82, 2.24) is 4.90 Å². The SMILES string of the molecule is OC1CC2(CCN(Cc3ccccc3)CC2)Oc2c1ccc1ccccc21. The summed E-state index contributed by atoms with van der Waals surface area (Å²) in [6, 6.07) is 23.1. The predicted molar refractivity (Wildman–Crippen MR) is 108 cm³/mol. The van der Waals surface area contributed by atoms with Crippen molar-refractivity contribution < 1.29 is 9.84 Å². The number of hydrogen-bond acceptors (Lipinski definition) is 3. The Balaban J connectivity index is 1.37. The van der Waals surface area contributed by atoms with E-state index in [9.17, 15) is 5.11 Å². The fourth-order valence-corrected chi connectivity index (χ4v) is 4.62. The number of hydrogen-bond donors (Lipinski definition) is 1. The molecule has 0 amide bonds. The fraction of sp³-hybridized carbons (Fsp3) is 0.333. The average molecular weight is 359 g/mol. The number of rotatable bonds is 2. The Morgan fingerprint density at radius 2 is 1.67 bits per heavy atom. The summed E-state index contributed by atoms with van der Waals surface area (Å²) in [5.74, 6) is 0.892. The minimum absolute atomic E-state index is 0.246. The summed E-state index contributed by atoms with van der Waals surface area (Å²) in [5.41, 5.74) is 2.05. The predicted octanol–water partition coefficient (Wildman–Crippen LogP) is 4.69. The van der Waals surface area contributed by atoms with E-state index in [2.05, 4.69) is 53.4 Å². The topological polar surface area (TPSA) is 32.7 Å². The Hall–Kier alpha value is -2.36. The van der Waals surface area contributed by atoms with Crippen molar-refractivity contribution in [2.75, 3.05) is 13.1 Å². The fourth-order valence-electron chi connectivity index (χ4n) is 4.62. The summed E-state index contributed by atoms with van der Waals surface area (Å²) >= 11 is 0. The molecule has 1 spiro atoms. The molecule has 1 N–H and O–H groups in total. The normalized spacial score (nSPS) is 21.7. The molecule has 2 aliphatic heterocycles. The highest BCUT2D eigenvalue weighted by Gasteiger charge is 2.43. The summed E-state index contributed by atoms with van der Waals surface area (Å²) in [6.07, 6.45) is 2.16. The van der Waals surface area contributed by atoms with E-state index in [1.165, 1.54) is 10.9 Å². The number of piperidine rings is 1. The summed E-state index contributed by atoms with van der Waals surface area (Å²) < 4.78 is 6.66. The van der Waals surface area contributed by atoms with Crippen LogP contribution in [0.1, 0.15) is 36.5 Å². The van der Waals surface area contributed by atoms with Gasteiger partial charge in [-0.15, -0.1) is 0 Å². The first-order chi connectivity index (χ1) is 13.2. The van der Waals surface area contributed by atoms with E-state index in [1.54, 1.807) is 0 Å². The summed E-state index contributed by atoms with van der Waals surface area (Å²) in [4.78, 5) is 2.49. The molecule has 1 saturated heterocycles. The van der Waals surface area contributed by atoms with Gasteiger partial charge in [-0.1, -0.05) is 66.7 Å². The highest BCUT2D eigenvalue weighted by molar-refractivity contribution is 5.90. The second-order valence-corrected chi connectivity index (χ2v) is 7.97. The minimum Gasteiger partial charge on any atom is -0.486 e. The van der Waals surface area contributed by atoms with Gasteiger partial charge < -0.3 is 9.84 Å². The number of aliphatic hydroxyl groups excluding tert-OH is 1. The first-order valence-electron chi connectivity index (χ1n) is 9.87. The zero-order valence-corrected chi connectivity index (χ0v) is 15.5. The van der Waals surface area contributed by atoms with Gasteiger partial charge in [0.1, 0.15) is 11.4 Å². The molecule has 2 heterocycles. The van der Waals surface area contributed by atoms with E-state index in [4.69, 9.17) is 4.74 Å². The van der Waals surface area contributed by atoms with Crippen LogP contribution in [0.3, 0.4) is 0 Å². The van der Waals surface area contributed by atoms with Gasteiger partial charge in [-0.2, -0.15) is 0 Å². The minimum atomic E-state index is -0.445. The maximum atomic E-state index is 10.8. The maximum Gasteiger partial charge on any atom is 0.133 e. The molecule has 3 heteroatoms. The van der Waals surface area contributed by atoms with Gasteiger partial charge in [-0.25, -0.2) is 0 Å². The molecule has 0 aliphatic carbocycles. The van der Waals surface area contributed by atoms with Crippen molar-refractivity contribution in [1.29, 1.82) is 0 Å². The summed E-state index contributed by atoms with van der Waals surface area (Å²) in [6.45, 7) is 2.99. The molecule has 27 heavy (non-hydrogen) atoms. The van der Waals surface area contributed by atoms with Gasteiger partial charge in [0.2, 0.25) is 0 Å². The molecular formula is C24H25NO2. The van der Waals surface area contributed by atoms with Crippen molar-refractivity contribution in [2.45, 2.75) is 37.5 Å². The van der Waals surface area contributed by atoms with Crippen LogP contribution in [-0.2, 0) is 6.54 Å². The van der Waals surface area contributed by atoms with Gasteiger partial charge >= 0.3 is 0 Å². The largest absolute Gasteiger partial charge is 0.486 e. The smallest absolute Gasteiger partial charge is 0.133 e. The number of benzene rings is 3. The van der Waals surface area contributed by atoms with Crippen LogP contribution < -0.4 is 4.74 Å². The third-order valence-corrected chi connectivity index (χ3v) is 6.17. The Labute approximate surface area is 160 Å². The Morgan fingerprint density at radius 1 is 0.926 bits per heavy atom. The van der Waals surface area contributed by atoms with E-state index in [0.717, 1.165) is 49.2 Å². The lowest BCUT2D eigenvalue weighted by Gasteiger charge is -2.46. The van der Waals surface area contributed by atoms with E-state index in [0.29, 0.717) is 6.42 Å². The lowest BCUT2D eigenvalue weighted by molar-refractivity contribution is -0.0539. The van der Waals surface area contributed by atoms with Crippen LogP contribution in [0.15, 0.2) is 66.7 Å². The number of aliphatic hydroxyl groups is 1. The monoisotopic (exact) mass is 359 g/mol. The standard InChI is InChI=1S/C24H25NO2/c26-22-16-24(12-14-25(15-13-24)17-18-6-2-1-3-7-18)27-23-20-9-5-4-8-19(20)10-11-21(22)23/h1-11,22,26H,12-17H2. The maximum absolute atomic E-state index is 10.8. The molecule has 1 unspecified atom stereocenters. The van der Waals surface area contributed by atoms with Gasteiger partial charge in [0, 0.05) is 37.0 Å². The molecule has 1 fully saturated rings. The second kappa shape index (κ2) is 6.66. The van der Waals surface area contributed by atoms with Crippen molar-refractivity contribution in [2.24, 2.45) is 0 Å². The lowest BCUT2D eigenvalue weighted by Crippen LogP contribution is -2.50. The van der Waals surface area contributed by atoms with E-state index in [-0.39, 0.29) is 5.60 Å². The van der Waals surface area contributed by atoms with Crippen LogP contribution in [0.4, 0.5) is 0 Å². The van der Waals surface area contributed by atoms with Crippen molar-refractivity contribution in [3.63, 3.8) is 0 Å². The second-order valence-electron chi connectivity index (χ2n) is 7.97. The number of ether oxygens (including phenoxy) is 1. The lowest BCUT2D eigenvalue weighted by atomic mass is 9.81. The number of likely N-dealkylation sites (tertiary alicyclic amines) is 1. The van der Waals surface area contributed by atoms with Crippen LogP contribution >= 0.6 is 0 Å². The van der Waals surface area contributed by atoms with Gasteiger partial charge in [0.15, 0.2) is 0 Å². The van der Waals surface area contributed by atoms with E-state index < -0.39 is 6.10 Å². The molecular weight excluding hydrogens is 334 g/mol. The first-order valence-corrected chi connectivity index (χ1v) is 9.87. The van der Waals surface area contributed by atoms with Crippen LogP contribution in [-0.4, -0.2) is 28.7 Å². The summed E-state index contributed by atoms with van der Waals surface area (Å²) in [5, 5.41) is 13.1. The van der Waals surface area contributed by atoms with Crippen molar-refractivity contribution in [3.8, 4) is 5.75 Å². The molecule has 0 saturated carbocycles. The van der Waals surface area contributed by atoms with Gasteiger partial charge in [-0.05, 0) is 23.8 Å². The Bertz CT molecular complexity index is 945. The highest BCUT2D eigenvalue weighted by Crippen LogP contribution is 2.47.